The first-order valence-electron chi connectivity index (χ1n) is 8.88. The quantitative estimate of drug-likeness (QED) is 0.648. The Morgan fingerprint density at radius 2 is 2.04 bits per heavy atom. The predicted molar refractivity (Wildman–Crippen MR) is 104 cm³/mol. The molecular formula is C22H21N3O. The molecule has 0 atom stereocenters. The normalized spacial score (nSPS) is 14.4. The van der Waals surface area contributed by atoms with E-state index < -0.39 is 0 Å². The number of carbonyl (C=O) groups is 1. The van der Waals surface area contributed by atoms with Crippen LogP contribution in [0.1, 0.15) is 29.3 Å². The average molecular weight is 343 g/mol. The molecular weight excluding hydrogens is 322 g/mol. The number of pyridine rings is 2. The third-order valence-corrected chi connectivity index (χ3v) is 4.88. The molecule has 3 heterocycles. The molecule has 0 unspecified atom stereocenters. The van der Waals surface area contributed by atoms with Gasteiger partial charge in [0.1, 0.15) is 0 Å². The Kier molecular flexibility index (Phi) is 4.25. The van der Waals surface area contributed by atoms with Gasteiger partial charge in [-0.1, -0.05) is 23.3 Å². The van der Waals surface area contributed by atoms with Crippen molar-refractivity contribution in [3.8, 4) is 11.3 Å². The molecule has 1 aliphatic rings. The summed E-state index contributed by atoms with van der Waals surface area (Å²) in [5.74, 6) is 0.0666. The van der Waals surface area contributed by atoms with Crippen molar-refractivity contribution in [1.82, 2.24) is 14.9 Å². The van der Waals surface area contributed by atoms with Gasteiger partial charge in [-0.3, -0.25) is 9.78 Å². The molecule has 0 saturated heterocycles. The SMILES string of the molecule is CC1=CCN(C(=O)c2cc(-c3cccnc3)nc3ccc(C)cc23)CC1. The maximum atomic E-state index is 13.3. The minimum atomic E-state index is 0.0666. The lowest BCUT2D eigenvalue weighted by molar-refractivity contribution is 0.0771. The van der Waals surface area contributed by atoms with Gasteiger partial charge in [0.25, 0.3) is 5.91 Å². The summed E-state index contributed by atoms with van der Waals surface area (Å²) in [5, 5.41) is 0.911. The first-order chi connectivity index (χ1) is 12.6. The van der Waals surface area contributed by atoms with Crippen molar-refractivity contribution < 1.29 is 4.79 Å². The molecule has 130 valence electrons. The molecule has 4 heteroatoms. The van der Waals surface area contributed by atoms with Crippen LogP contribution >= 0.6 is 0 Å². The number of rotatable bonds is 2. The first-order valence-corrected chi connectivity index (χ1v) is 8.88. The van der Waals surface area contributed by atoms with Gasteiger partial charge in [0.2, 0.25) is 0 Å². The number of amides is 1. The van der Waals surface area contributed by atoms with Crippen molar-refractivity contribution in [3.63, 3.8) is 0 Å². The molecule has 4 nitrogen and oxygen atoms in total. The fourth-order valence-corrected chi connectivity index (χ4v) is 3.30. The second-order valence-corrected chi connectivity index (χ2v) is 6.87. The molecule has 0 spiro atoms. The van der Waals surface area contributed by atoms with Crippen LogP contribution in [-0.4, -0.2) is 33.9 Å². The zero-order valence-electron chi connectivity index (χ0n) is 15.1. The summed E-state index contributed by atoms with van der Waals surface area (Å²) in [6.07, 6.45) is 6.59. The number of nitrogens with zero attached hydrogens (tertiary/aromatic N) is 3. The van der Waals surface area contributed by atoms with Crippen LogP contribution in [-0.2, 0) is 0 Å². The highest BCUT2D eigenvalue weighted by Crippen LogP contribution is 2.27. The molecule has 0 fully saturated rings. The fourth-order valence-electron chi connectivity index (χ4n) is 3.30. The molecule has 3 aromatic rings. The molecule has 2 aromatic heterocycles. The van der Waals surface area contributed by atoms with E-state index in [0.717, 1.165) is 40.7 Å². The molecule has 1 amide bonds. The highest BCUT2D eigenvalue weighted by atomic mass is 16.2. The standard InChI is InChI=1S/C22H21N3O/c1-15-7-10-25(11-8-15)22(26)19-13-21(17-4-3-9-23-14-17)24-20-6-5-16(2)12-18(19)20/h3-7,9,12-14H,8,10-11H2,1-2H3. The monoisotopic (exact) mass is 343 g/mol. The Hall–Kier alpha value is -3.01. The number of hydrogen-bond donors (Lipinski definition) is 0. The maximum absolute atomic E-state index is 13.3. The van der Waals surface area contributed by atoms with E-state index >= 15 is 0 Å². The van der Waals surface area contributed by atoms with Gasteiger partial charge in [-0.2, -0.15) is 0 Å². The lowest BCUT2D eigenvalue weighted by Gasteiger charge is -2.26. The molecule has 4 rings (SSSR count). The van der Waals surface area contributed by atoms with Gasteiger partial charge < -0.3 is 4.90 Å². The molecule has 0 saturated carbocycles. The number of aromatic nitrogens is 2. The van der Waals surface area contributed by atoms with E-state index in [9.17, 15) is 4.79 Å². The number of benzene rings is 1. The lowest BCUT2D eigenvalue weighted by Crippen LogP contribution is -2.34. The smallest absolute Gasteiger partial charge is 0.254 e. The average Bonchev–Trinajstić information content (AvgIpc) is 2.68. The largest absolute Gasteiger partial charge is 0.335 e. The summed E-state index contributed by atoms with van der Waals surface area (Å²) in [5.41, 5.74) is 5.71. The van der Waals surface area contributed by atoms with Crippen LogP contribution < -0.4 is 0 Å². The van der Waals surface area contributed by atoms with Crippen LogP contribution in [0.3, 0.4) is 0 Å². The minimum absolute atomic E-state index is 0.0666. The van der Waals surface area contributed by atoms with E-state index in [1.807, 2.05) is 48.2 Å². The van der Waals surface area contributed by atoms with Gasteiger partial charge in [-0.25, -0.2) is 4.98 Å². The third-order valence-electron chi connectivity index (χ3n) is 4.88. The van der Waals surface area contributed by atoms with Crippen molar-refractivity contribution in [2.45, 2.75) is 20.3 Å². The second-order valence-electron chi connectivity index (χ2n) is 6.87. The highest BCUT2D eigenvalue weighted by Gasteiger charge is 2.21. The van der Waals surface area contributed by atoms with E-state index in [0.29, 0.717) is 12.1 Å². The topological polar surface area (TPSA) is 46.1 Å². The van der Waals surface area contributed by atoms with E-state index in [2.05, 4.69) is 18.0 Å². The summed E-state index contributed by atoms with van der Waals surface area (Å²) in [4.78, 5) is 24.1. The van der Waals surface area contributed by atoms with Crippen LogP contribution in [0.5, 0.6) is 0 Å². The third kappa shape index (κ3) is 3.10. The minimum Gasteiger partial charge on any atom is -0.335 e. The lowest BCUT2D eigenvalue weighted by atomic mass is 10.0. The summed E-state index contributed by atoms with van der Waals surface area (Å²) in [6, 6.07) is 11.8. The van der Waals surface area contributed by atoms with E-state index in [4.69, 9.17) is 4.98 Å². The van der Waals surface area contributed by atoms with Crippen molar-refractivity contribution >= 4 is 16.8 Å². The predicted octanol–water partition coefficient (Wildman–Crippen LogP) is 4.40. The summed E-state index contributed by atoms with van der Waals surface area (Å²) in [7, 11) is 0. The van der Waals surface area contributed by atoms with Gasteiger partial charge in [0.15, 0.2) is 0 Å². The molecule has 0 radical (unpaired) electrons. The highest BCUT2D eigenvalue weighted by molar-refractivity contribution is 6.07. The molecule has 1 aromatic carbocycles. The van der Waals surface area contributed by atoms with Crippen LogP contribution in [0, 0.1) is 6.92 Å². The molecule has 0 bridgehead atoms. The van der Waals surface area contributed by atoms with Gasteiger partial charge in [-0.05, 0) is 50.6 Å². The Morgan fingerprint density at radius 3 is 2.77 bits per heavy atom. The number of fused-ring (bicyclic) bond motifs is 1. The van der Waals surface area contributed by atoms with E-state index in [1.165, 1.54) is 5.57 Å². The van der Waals surface area contributed by atoms with Gasteiger partial charge in [-0.15, -0.1) is 0 Å². The maximum Gasteiger partial charge on any atom is 0.254 e. The molecule has 26 heavy (non-hydrogen) atoms. The van der Waals surface area contributed by atoms with Crippen molar-refractivity contribution in [2.24, 2.45) is 0 Å². The second kappa shape index (κ2) is 6.71. The first kappa shape index (κ1) is 16.5. The van der Waals surface area contributed by atoms with Crippen LogP contribution in [0.2, 0.25) is 0 Å². The fraction of sp³-hybridized carbons (Fsp3) is 0.227. The number of hydrogen-bond acceptors (Lipinski definition) is 3. The molecule has 0 aliphatic carbocycles. The Bertz CT molecular complexity index is 1010. The summed E-state index contributed by atoms with van der Waals surface area (Å²) < 4.78 is 0. The zero-order chi connectivity index (χ0) is 18.1. The van der Waals surface area contributed by atoms with Gasteiger partial charge in [0.05, 0.1) is 16.8 Å². The molecule has 1 aliphatic heterocycles. The van der Waals surface area contributed by atoms with Gasteiger partial charge >= 0.3 is 0 Å². The van der Waals surface area contributed by atoms with Crippen LogP contribution in [0.25, 0.3) is 22.2 Å². The Balaban J connectivity index is 1.86. The number of aryl methyl sites for hydroxylation is 1. The van der Waals surface area contributed by atoms with Crippen molar-refractivity contribution in [1.29, 1.82) is 0 Å². The summed E-state index contributed by atoms with van der Waals surface area (Å²) in [6.45, 7) is 5.59. The number of carbonyl (C=O) groups excluding carboxylic acids is 1. The van der Waals surface area contributed by atoms with Crippen molar-refractivity contribution in [3.05, 3.63) is 71.6 Å². The Labute approximate surface area is 153 Å². The molecule has 0 N–H and O–H groups in total. The Morgan fingerprint density at radius 1 is 1.15 bits per heavy atom. The van der Waals surface area contributed by atoms with Crippen LogP contribution in [0.15, 0.2) is 60.4 Å². The summed E-state index contributed by atoms with van der Waals surface area (Å²) >= 11 is 0. The van der Waals surface area contributed by atoms with E-state index in [1.54, 1.807) is 12.4 Å². The van der Waals surface area contributed by atoms with Crippen molar-refractivity contribution in [2.75, 3.05) is 13.1 Å². The van der Waals surface area contributed by atoms with Crippen LogP contribution in [0.4, 0.5) is 0 Å². The van der Waals surface area contributed by atoms with E-state index in [-0.39, 0.29) is 5.91 Å². The zero-order valence-corrected chi connectivity index (χ0v) is 15.1. The van der Waals surface area contributed by atoms with Gasteiger partial charge in [0, 0.05) is 36.4 Å².